The summed E-state index contributed by atoms with van der Waals surface area (Å²) >= 11 is 0. The van der Waals surface area contributed by atoms with Gasteiger partial charge in [0.25, 0.3) is 0 Å². The monoisotopic (exact) mass is 434 g/mol. The predicted octanol–water partition coefficient (Wildman–Crippen LogP) is 5.68. The summed E-state index contributed by atoms with van der Waals surface area (Å²) in [5, 5.41) is 2.04. The minimum Gasteiger partial charge on any atom is -0.354 e. The molecule has 3 aromatic rings. The molecule has 1 saturated heterocycles. The van der Waals surface area contributed by atoms with E-state index in [4.69, 9.17) is 4.99 Å². The largest absolute Gasteiger partial charge is 0.354 e. The van der Waals surface area contributed by atoms with Gasteiger partial charge in [0.15, 0.2) is 5.82 Å². The normalized spacial score (nSPS) is 15.3. The van der Waals surface area contributed by atoms with Crippen molar-refractivity contribution in [2.24, 2.45) is 9.98 Å². The molecule has 4 rings (SSSR count). The van der Waals surface area contributed by atoms with Crippen molar-refractivity contribution in [3.05, 3.63) is 66.0 Å². The lowest BCUT2D eigenvalue weighted by molar-refractivity contribution is 0.129. The van der Waals surface area contributed by atoms with Gasteiger partial charge in [-0.3, -0.25) is 14.9 Å². The second-order valence-electron chi connectivity index (χ2n) is 7.94. The van der Waals surface area contributed by atoms with Gasteiger partial charge >= 0.3 is 0 Å². The molecule has 4 nitrogen and oxygen atoms in total. The number of alkyl halides is 1. The molecule has 0 saturated carbocycles. The molecule has 6 heteroatoms. The van der Waals surface area contributed by atoms with E-state index < -0.39 is 12.6 Å². The van der Waals surface area contributed by atoms with Gasteiger partial charge in [-0.1, -0.05) is 55.5 Å². The molecule has 1 aliphatic heterocycles. The number of halogens is 2. The molecular weight excluding hydrogens is 406 g/mol. The maximum absolute atomic E-state index is 15.8. The Morgan fingerprint density at radius 2 is 1.72 bits per heavy atom. The highest BCUT2D eigenvalue weighted by molar-refractivity contribution is 6.05. The Morgan fingerprint density at radius 3 is 2.44 bits per heavy atom. The summed E-state index contributed by atoms with van der Waals surface area (Å²) in [6, 6.07) is 17.5. The van der Waals surface area contributed by atoms with Gasteiger partial charge in [0.1, 0.15) is 18.3 Å². The van der Waals surface area contributed by atoms with E-state index in [2.05, 4.69) is 23.5 Å². The third-order valence-corrected chi connectivity index (χ3v) is 5.92. The molecule has 0 unspecified atom stereocenters. The topological polar surface area (TPSA) is 31.2 Å². The lowest BCUT2D eigenvalue weighted by Gasteiger charge is -2.35. The number of hydrogen-bond donors (Lipinski definition) is 0. The fourth-order valence-corrected chi connectivity index (χ4v) is 4.22. The van der Waals surface area contributed by atoms with Crippen LogP contribution in [0.3, 0.4) is 0 Å². The van der Waals surface area contributed by atoms with Crippen molar-refractivity contribution >= 4 is 29.0 Å². The van der Waals surface area contributed by atoms with Crippen LogP contribution in [0.2, 0.25) is 0 Å². The maximum Gasteiger partial charge on any atom is 0.157 e. The quantitative estimate of drug-likeness (QED) is 0.284. The summed E-state index contributed by atoms with van der Waals surface area (Å²) in [7, 11) is 0. The molecule has 3 aromatic carbocycles. The van der Waals surface area contributed by atoms with Crippen LogP contribution < -0.4 is 0 Å². The third kappa shape index (κ3) is 4.28. The molecule has 32 heavy (non-hydrogen) atoms. The average Bonchev–Trinajstić information content (AvgIpc) is 2.84. The average molecular weight is 435 g/mol. The predicted molar refractivity (Wildman–Crippen MR) is 129 cm³/mol. The molecule has 0 atom stereocenters. The Hall–Kier alpha value is -3.12. The number of rotatable bonds is 6. The summed E-state index contributed by atoms with van der Waals surface area (Å²) in [4.78, 5) is 12.7. The van der Waals surface area contributed by atoms with Crippen molar-refractivity contribution in [1.29, 1.82) is 0 Å². The first-order valence-corrected chi connectivity index (χ1v) is 11.0. The zero-order valence-corrected chi connectivity index (χ0v) is 18.4. The van der Waals surface area contributed by atoms with Crippen LogP contribution in [0.15, 0.2) is 64.6 Å². The number of hydrogen-bond acceptors (Lipinski definition) is 3. The van der Waals surface area contributed by atoms with Crippen LogP contribution in [0.5, 0.6) is 0 Å². The number of piperazine rings is 1. The van der Waals surface area contributed by atoms with Crippen molar-refractivity contribution < 1.29 is 8.78 Å². The maximum atomic E-state index is 15.8. The SMILES string of the molecule is C=Nc1c(/C(=N\CCC)N2CCN(CF)CC2)ccc(-c2cccc3ccccc23)c1F. The van der Waals surface area contributed by atoms with E-state index in [0.717, 1.165) is 22.8 Å². The molecule has 0 radical (unpaired) electrons. The van der Waals surface area contributed by atoms with Gasteiger partial charge < -0.3 is 4.90 Å². The van der Waals surface area contributed by atoms with Crippen LogP contribution in [0.4, 0.5) is 14.5 Å². The molecule has 1 aliphatic rings. The standard InChI is InChI=1S/C26H28F2N4/c1-3-13-30-26(32-16-14-31(18-27)15-17-32)23-12-11-22(24(28)25(23)29-2)21-10-6-8-19-7-4-5-9-20(19)21/h4-12H,2-3,13-18H2,1H3/b30-26+. The lowest BCUT2D eigenvalue weighted by Crippen LogP contribution is -2.48. The summed E-state index contributed by atoms with van der Waals surface area (Å²) in [6.45, 7) is 8.37. The van der Waals surface area contributed by atoms with Crippen LogP contribution in [0, 0.1) is 5.82 Å². The fourth-order valence-electron chi connectivity index (χ4n) is 4.22. The highest BCUT2D eigenvalue weighted by atomic mass is 19.1. The number of nitrogens with zero attached hydrogens (tertiary/aromatic N) is 4. The number of fused-ring (bicyclic) bond motifs is 1. The van der Waals surface area contributed by atoms with Crippen molar-refractivity contribution in [1.82, 2.24) is 9.80 Å². The van der Waals surface area contributed by atoms with Gasteiger partial charge in [-0.2, -0.15) is 0 Å². The molecule has 0 spiro atoms. The van der Waals surface area contributed by atoms with Gasteiger partial charge in [0.2, 0.25) is 0 Å². The molecule has 0 N–H and O–H groups in total. The molecule has 0 aromatic heterocycles. The number of aliphatic imine (C=N–C) groups is 2. The Labute approximate surface area is 187 Å². The smallest absolute Gasteiger partial charge is 0.157 e. The first-order chi connectivity index (χ1) is 15.7. The Balaban J connectivity index is 1.79. The number of amidine groups is 1. The van der Waals surface area contributed by atoms with Crippen molar-refractivity contribution in [3.63, 3.8) is 0 Å². The lowest BCUT2D eigenvalue weighted by atomic mass is 9.95. The fraction of sp³-hybridized carbons (Fsp3) is 0.308. The van der Waals surface area contributed by atoms with E-state index in [1.165, 1.54) is 0 Å². The highest BCUT2D eigenvalue weighted by Crippen LogP contribution is 2.36. The van der Waals surface area contributed by atoms with Crippen LogP contribution in [0.1, 0.15) is 18.9 Å². The van der Waals surface area contributed by atoms with Crippen LogP contribution in [-0.4, -0.2) is 61.9 Å². The first kappa shape index (κ1) is 22.1. The highest BCUT2D eigenvalue weighted by Gasteiger charge is 2.25. The van der Waals surface area contributed by atoms with E-state index in [1.54, 1.807) is 11.0 Å². The second-order valence-corrected chi connectivity index (χ2v) is 7.94. The number of benzene rings is 3. The van der Waals surface area contributed by atoms with Gasteiger partial charge in [0.05, 0.1) is 0 Å². The van der Waals surface area contributed by atoms with Gasteiger partial charge in [-0.05, 0) is 35.5 Å². The zero-order valence-electron chi connectivity index (χ0n) is 18.4. The van der Waals surface area contributed by atoms with E-state index >= 15 is 4.39 Å². The van der Waals surface area contributed by atoms with E-state index in [1.807, 2.05) is 48.5 Å². The van der Waals surface area contributed by atoms with Crippen LogP contribution in [0.25, 0.3) is 21.9 Å². The molecule has 0 aliphatic carbocycles. The zero-order chi connectivity index (χ0) is 22.5. The van der Waals surface area contributed by atoms with E-state index in [-0.39, 0.29) is 5.69 Å². The Kier molecular flexibility index (Phi) is 6.90. The van der Waals surface area contributed by atoms with Crippen molar-refractivity contribution in [2.45, 2.75) is 13.3 Å². The molecule has 1 heterocycles. The Morgan fingerprint density at radius 1 is 0.969 bits per heavy atom. The first-order valence-electron chi connectivity index (χ1n) is 11.0. The van der Waals surface area contributed by atoms with Crippen LogP contribution >= 0.6 is 0 Å². The second kappa shape index (κ2) is 10.0. The van der Waals surface area contributed by atoms with Crippen molar-refractivity contribution in [3.8, 4) is 11.1 Å². The summed E-state index contributed by atoms with van der Waals surface area (Å²) in [5.41, 5.74) is 2.15. The van der Waals surface area contributed by atoms with Crippen LogP contribution in [-0.2, 0) is 0 Å². The van der Waals surface area contributed by atoms with Gasteiger partial charge in [-0.15, -0.1) is 0 Å². The minimum atomic E-state index is -0.455. The van der Waals surface area contributed by atoms with E-state index in [0.29, 0.717) is 49.7 Å². The van der Waals surface area contributed by atoms with Gasteiger partial charge in [0, 0.05) is 43.9 Å². The third-order valence-electron chi connectivity index (χ3n) is 5.92. The summed E-state index contributed by atoms with van der Waals surface area (Å²) in [6.07, 6.45) is 0.876. The molecule has 1 fully saturated rings. The Bertz CT molecular complexity index is 1130. The molecule has 0 bridgehead atoms. The van der Waals surface area contributed by atoms with E-state index in [9.17, 15) is 4.39 Å². The molecular formula is C26H28F2N4. The summed E-state index contributed by atoms with van der Waals surface area (Å²) < 4.78 is 28.9. The molecule has 166 valence electrons. The molecule has 0 amide bonds. The minimum absolute atomic E-state index is 0.207. The van der Waals surface area contributed by atoms with Gasteiger partial charge in [-0.25, -0.2) is 8.78 Å². The van der Waals surface area contributed by atoms with Crippen molar-refractivity contribution in [2.75, 3.05) is 39.5 Å². The summed E-state index contributed by atoms with van der Waals surface area (Å²) in [5.74, 6) is 0.302.